The van der Waals surface area contributed by atoms with Crippen molar-refractivity contribution < 1.29 is 4.74 Å². The lowest BCUT2D eigenvalue weighted by atomic mass is 10.1. The normalized spacial score (nSPS) is 22.3. The number of hydrogen-bond acceptors (Lipinski definition) is 2. The summed E-state index contributed by atoms with van der Waals surface area (Å²) >= 11 is 9.33. The zero-order valence-electron chi connectivity index (χ0n) is 7.59. The quantitative estimate of drug-likeness (QED) is 0.852. The van der Waals surface area contributed by atoms with Crippen molar-refractivity contribution in [2.45, 2.75) is 6.04 Å². The van der Waals surface area contributed by atoms with Crippen LogP contribution < -0.4 is 5.32 Å². The van der Waals surface area contributed by atoms with Crippen LogP contribution in [0.25, 0.3) is 0 Å². The molecule has 0 saturated carbocycles. The Morgan fingerprint density at radius 2 is 2.36 bits per heavy atom. The van der Waals surface area contributed by atoms with Gasteiger partial charge in [-0.25, -0.2) is 0 Å². The minimum atomic E-state index is 0.289. The van der Waals surface area contributed by atoms with E-state index in [1.54, 1.807) is 0 Å². The largest absolute Gasteiger partial charge is 0.378 e. The zero-order chi connectivity index (χ0) is 9.97. The molecule has 1 fully saturated rings. The van der Waals surface area contributed by atoms with E-state index in [2.05, 4.69) is 21.2 Å². The highest BCUT2D eigenvalue weighted by molar-refractivity contribution is 9.10. The molecule has 1 aliphatic rings. The van der Waals surface area contributed by atoms with Crippen LogP contribution in [-0.2, 0) is 4.74 Å². The Labute approximate surface area is 96.7 Å². The van der Waals surface area contributed by atoms with Gasteiger partial charge in [-0.2, -0.15) is 0 Å². The first-order chi connectivity index (χ1) is 6.77. The summed E-state index contributed by atoms with van der Waals surface area (Å²) in [5, 5.41) is 4.13. The van der Waals surface area contributed by atoms with Gasteiger partial charge in [-0.3, -0.25) is 0 Å². The van der Waals surface area contributed by atoms with E-state index in [0.717, 1.165) is 29.3 Å². The molecule has 0 radical (unpaired) electrons. The highest BCUT2D eigenvalue weighted by Crippen LogP contribution is 2.26. The predicted octanol–water partition coefficient (Wildman–Crippen LogP) is 2.76. The fourth-order valence-corrected chi connectivity index (χ4v) is 2.02. The topological polar surface area (TPSA) is 21.3 Å². The first-order valence-corrected chi connectivity index (χ1v) is 5.70. The molecule has 0 aliphatic carbocycles. The molecule has 0 bridgehead atoms. The summed E-state index contributed by atoms with van der Waals surface area (Å²) in [5.74, 6) is 0. The molecule has 1 heterocycles. The van der Waals surface area contributed by atoms with E-state index in [1.165, 1.54) is 5.56 Å². The molecule has 2 rings (SSSR count). The number of nitrogens with one attached hydrogen (secondary N) is 1. The lowest BCUT2D eigenvalue weighted by molar-refractivity contribution is 0.0769. The smallest absolute Gasteiger partial charge is 0.0662 e. The molecule has 1 aromatic rings. The van der Waals surface area contributed by atoms with Crippen LogP contribution in [0.1, 0.15) is 11.6 Å². The molecule has 4 heteroatoms. The summed E-state index contributed by atoms with van der Waals surface area (Å²) in [6.07, 6.45) is 0. The highest BCUT2D eigenvalue weighted by Gasteiger charge is 2.15. The first-order valence-electron chi connectivity index (χ1n) is 4.53. The molecule has 1 aliphatic heterocycles. The Bertz CT molecular complexity index is 326. The van der Waals surface area contributed by atoms with E-state index in [0.29, 0.717) is 0 Å². The van der Waals surface area contributed by atoms with Crippen LogP contribution in [0.15, 0.2) is 22.7 Å². The van der Waals surface area contributed by atoms with Crippen molar-refractivity contribution in [3.63, 3.8) is 0 Å². The minimum absolute atomic E-state index is 0.289. The number of halogens is 2. The number of hydrogen-bond donors (Lipinski definition) is 1. The van der Waals surface area contributed by atoms with Gasteiger partial charge in [-0.15, -0.1) is 0 Å². The minimum Gasteiger partial charge on any atom is -0.378 e. The number of morpholine rings is 1. The van der Waals surface area contributed by atoms with Gasteiger partial charge in [0.05, 0.1) is 24.3 Å². The highest BCUT2D eigenvalue weighted by atomic mass is 79.9. The lowest BCUT2D eigenvalue weighted by Gasteiger charge is -2.24. The van der Waals surface area contributed by atoms with Gasteiger partial charge < -0.3 is 10.1 Å². The molecule has 2 nitrogen and oxygen atoms in total. The van der Waals surface area contributed by atoms with Gasteiger partial charge in [-0.1, -0.05) is 17.7 Å². The second-order valence-corrected chi connectivity index (χ2v) is 4.52. The maximum Gasteiger partial charge on any atom is 0.0662 e. The summed E-state index contributed by atoms with van der Waals surface area (Å²) in [4.78, 5) is 0. The fraction of sp³-hybridized carbons (Fsp3) is 0.400. The number of ether oxygens (including phenoxy) is 1. The average Bonchev–Trinajstić information content (AvgIpc) is 2.23. The molecular weight excluding hydrogens is 265 g/mol. The summed E-state index contributed by atoms with van der Waals surface area (Å²) in [7, 11) is 0. The summed E-state index contributed by atoms with van der Waals surface area (Å²) < 4.78 is 6.33. The van der Waals surface area contributed by atoms with Crippen molar-refractivity contribution in [3.8, 4) is 0 Å². The van der Waals surface area contributed by atoms with Gasteiger partial charge in [0.1, 0.15) is 0 Å². The van der Waals surface area contributed by atoms with Crippen molar-refractivity contribution in [3.05, 3.63) is 33.3 Å². The third kappa shape index (κ3) is 2.28. The SMILES string of the molecule is Clc1ccc([C@@H]2COCCN2)cc1Br. The average molecular weight is 277 g/mol. The Balaban J connectivity index is 2.18. The van der Waals surface area contributed by atoms with E-state index in [9.17, 15) is 0 Å². The van der Waals surface area contributed by atoms with Gasteiger partial charge in [-0.05, 0) is 33.6 Å². The summed E-state index contributed by atoms with van der Waals surface area (Å²) in [6, 6.07) is 6.25. The fourth-order valence-electron chi connectivity index (χ4n) is 1.51. The summed E-state index contributed by atoms with van der Waals surface area (Å²) in [6.45, 7) is 2.43. The maximum atomic E-state index is 5.92. The van der Waals surface area contributed by atoms with Gasteiger partial charge in [0, 0.05) is 11.0 Å². The van der Waals surface area contributed by atoms with Crippen molar-refractivity contribution in [1.82, 2.24) is 5.32 Å². The van der Waals surface area contributed by atoms with Gasteiger partial charge in [0.2, 0.25) is 0 Å². The van der Waals surface area contributed by atoms with E-state index in [-0.39, 0.29) is 6.04 Å². The predicted molar refractivity (Wildman–Crippen MR) is 60.7 cm³/mol. The molecule has 0 amide bonds. The van der Waals surface area contributed by atoms with Crippen molar-refractivity contribution in [1.29, 1.82) is 0 Å². The third-order valence-corrected chi connectivity index (χ3v) is 3.48. The van der Waals surface area contributed by atoms with Crippen LogP contribution in [-0.4, -0.2) is 19.8 Å². The Morgan fingerprint density at radius 3 is 3.00 bits per heavy atom. The van der Waals surface area contributed by atoms with Gasteiger partial charge >= 0.3 is 0 Å². The van der Waals surface area contributed by atoms with Crippen molar-refractivity contribution in [2.75, 3.05) is 19.8 Å². The Hall–Kier alpha value is -0.0900. The van der Waals surface area contributed by atoms with Crippen LogP contribution >= 0.6 is 27.5 Å². The van der Waals surface area contributed by atoms with Crippen LogP contribution in [0.5, 0.6) is 0 Å². The van der Waals surface area contributed by atoms with E-state index < -0.39 is 0 Å². The van der Waals surface area contributed by atoms with E-state index in [1.807, 2.05) is 18.2 Å². The van der Waals surface area contributed by atoms with E-state index in [4.69, 9.17) is 16.3 Å². The first kappa shape index (κ1) is 10.4. The van der Waals surface area contributed by atoms with Crippen LogP contribution in [0.3, 0.4) is 0 Å². The van der Waals surface area contributed by atoms with Crippen LogP contribution in [0.2, 0.25) is 5.02 Å². The van der Waals surface area contributed by atoms with Crippen LogP contribution in [0, 0.1) is 0 Å². The third-order valence-electron chi connectivity index (χ3n) is 2.27. The number of benzene rings is 1. The van der Waals surface area contributed by atoms with Crippen molar-refractivity contribution in [2.24, 2.45) is 0 Å². The molecule has 1 N–H and O–H groups in total. The lowest BCUT2D eigenvalue weighted by Crippen LogP contribution is -2.34. The molecule has 1 atom stereocenters. The molecular formula is C10H11BrClNO. The van der Waals surface area contributed by atoms with Crippen molar-refractivity contribution >= 4 is 27.5 Å². The monoisotopic (exact) mass is 275 g/mol. The molecule has 0 aromatic heterocycles. The zero-order valence-corrected chi connectivity index (χ0v) is 9.94. The Morgan fingerprint density at radius 1 is 1.50 bits per heavy atom. The van der Waals surface area contributed by atoms with E-state index >= 15 is 0 Å². The molecule has 1 saturated heterocycles. The van der Waals surface area contributed by atoms with Crippen LogP contribution in [0.4, 0.5) is 0 Å². The second kappa shape index (κ2) is 4.62. The molecule has 1 aromatic carbocycles. The van der Waals surface area contributed by atoms with Gasteiger partial charge in [0.15, 0.2) is 0 Å². The standard InChI is InChI=1S/C10H11BrClNO/c11-8-5-7(1-2-9(8)12)10-6-14-4-3-13-10/h1-2,5,10,13H,3-4,6H2/t10-/m0/s1. The summed E-state index contributed by atoms with van der Waals surface area (Å²) in [5.41, 5.74) is 1.21. The Kier molecular flexibility index (Phi) is 3.44. The second-order valence-electron chi connectivity index (χ2n) is 3.26. The van der Waals surface area contributed by atoms with Gasteiger partial charge in [0.25, 0.3) is 0 Å². The molecule has 0 unspecified atom stereocenters. The maximum absolute atomic E-state index is 5.92. The number of rotatable bonds is 1. The molecule has 14 heavy (non-hydrogen) atoms. The molecule has 76 valence electrons. The molecule has 0 spiro atoms.